The van der Waals surface area contributed by atoms with Gasteiger partial charge in [0, 0.05) is 43.3 Å². The zero-order valence-electron chi connectivity index (χ0n) is 14.3. The molecule has 0 aromatic heterocycles. The summed E-state index contributed by atoms with van der Waals surface area (Å²) in [6.45, 7) is 3.75. The average molecular weight is 383 g/mol. The number of anilines is 1. The van der Waals surface area contributed by atoms with E-state index in [2.05, 4.69) is 10.6 Å². The second kappa shape index (κ2) is 7.11. The largest absolute Gasteiger partial charge is 0.368 e. The number of benzene rings is 1. The van der Waals surface area contributed by atoms with Crippen LogP contribution in [0.1, 0.15) is 19.8 Å². The molecule has 1 unspecified atom stereocenters. The molecule has 0 bridgehead atoms. The van der Waals surface area contributed by atoms with Gasteiger partial charge >= 0.3 is 6.03 Å². The highest BCUT2D eigenvalue weighted by molar-refractivity contribution is 6.30. The minimum absolute atomic E-state index is 0.0721. The van der Waals surface area contributed by atoms with Crippen LogP contribution in [0.2, 0.25) is 5.02 Å². The number of carbonyl (C=O) groups is 3. The van der Waals surface area contributed by atoms with Gasteiger partial charge in [-0.1, -0.05) is 11.6 Å². The number of urea groups is 1. The lowest BCUT2D eigenvalue weighted by Gasteiger charge is -2.36. The summed E-state index contributed by atoms with van der Waals surface area (Å²) in [5.41, 5.74) is -0.354. The van der Waals surface area contributed by atoms with Crippen molar-refractivity contribution in [2.45, 2.75) is 25.3 Å². The van der Waals surface area contributed by atoms with E-state index < -0.39 is 23.3 Å². The second-order valence-corrected chi connectivity index (χ2v) is 7.17. The summed E-state index contributed by atoms with van der Waals surface area (Å²) < 4.78 is 13.5. The molecule has 1 aromatic rings. The topological polar surface area (TPSA) is 81.8 Å². The smallest absolute Gasteiger partial charge is 0.322 e. The Morgan fingerprint density at radius 1 is 1.23 bits per heavy atom. The van der Waals surface area contributed by atoms with Crippen LogP contribution in [-0.2, 0) is 9.59 Å². The molecule has 2 fully saturated rings. The number of nitrogens with one attached hydrogen (secondary N) is 2. The molecular weight excluding hydrogens is 363 g/mol. The Kier molecular flexibility index (Phi) is 5.04. The van der Waals surface area contributed by atoms with Crippen LogP contribution in [-0.4, -0.2) is 54.5 Å². The Balaban J connectivity index is 1.52. The molecule has 3 rings (SSSR count). The van der Waals surface area contributed by atoms with Gasteiger partial charge in [0.2, 0.25) is 5.91 Å². The third-order valence-corrected chi connectivity index (χ3v) is 5.02. The van der Waals surface area contributed by atoms with Gasteiger partial charge in [0.25, 0.3) is 5.91 Å². The van der Waals surface area contributed by atoms with E-state index >= 15 is 0 Å². The van der Waals surface area contributed by atoms with Crippen molar-refractivity contribution < 1.29 is 18.8 Å². The van der Waals surface area contributed by atoms with E-state index in [-0.39, 0.29) is 18.7 Å². The van der Waals surface area contributed by atoms with Gasteiger partial charge in [-0.15, -0.1) is 0 Å². The Morgan fingerprint density at radius 3 is 2.50 bits per heavy atom. The van der Waals surface area contributed by atoms with Gasteiger partial charge in [-0.2, -0.15) is 0 Å². The fraction of sp³-hybridized carbons (Fsp3) is 0.471. The molecule has 0 saturated carbocycles. The maximum atomic E-state index is 13.5. The summed E-state index contributed by atoms with van der Waals surface area (Å²) in [4.78, 5) is 39.1. The van der Waals surface area contributed by atoms with E-state index in [0.717, 1.165) is 0 Å². The maximum absolute atomic E-state index is 13.5. The van der Waals surface area contributed by atoms with Gasteiger partial charge in [-0.25, -0.2) is 9.18 Å². The molecule has 2 aliphatic rings. The van der Waals surface area contributed by atoms with E-state index in [1.165, 1.54) is 12.1 Å². The molecule has 2 saturated heterocycles. The van der Waals surface area contributed by atoms with E-state index in [1.54, 1.807) is 17.9 Å². The lowest BCUT2D eigenvalue weighted by Crippen LogP contribution is -2.50. The monoisotopic (exact) mass is 382 g/mol. The Morgan fingerprint density at radius 2 is 1.92 bits per heavy atom. The second-order valence-electron chi connectivity index (χ2n) is 6.74. The van der Waals surface area contributed by atoms with Crippen LogP contribution in [0, 0.1) is 5.82 Å². The van der Waals surface area contributed by atoms with Crippen LogP contribution < -0.4 is 15.5 Å². The molecule has 7 nitrogen and oxygen atoms in total. The molecule has 2 aliphatic heterocycles. The molecule has 140 valence electrons. The first kappa shape index (κ1) is 18.4. The molecule has 26 heavy (non-hydrogen) atoms. The fourth-order valence-electron chi connectivity index (χ4n) is 3.21. The van der Waals surface area contributed by atoms with Crippen molar-refractivity contribution in [1.29, 1.82) is 0 Å². The third kappa shape index (κ3) is 3.90. The average Bonchev–Trinajstić information content (AvgIpc) is 2.84. The molecule has 2 heterocycles. The SMILES string of the molecule is CC1(CCC(=O)N2CCN(c3cc(F)cc(Cl)c3)CC2)NC(=O)NC1=O. The minimum atomic E-state index is -1.05. The molecule has 1 aromatic carbocycles. The predicted octanol–water partition coefficient (Wildman–Crippen LogP) is 1.51. The van der Waals surface area contributed by atoms with Gasteiger partial charge in [-0.3, -0.25) is 14.9 Å². The van der Waals surface area contributed by atoms with Crippen LogP contribution in [0.25, 0.3) is 0 Å². The van der Waals surface area contributed by atoms with E-state index in [1.807, 2.05) is 4.90 Å². The Bertz CT molecular complexity index is 731. The lowest BCUT2D eigenvalue weighted by atomic mass is 9.96. The number of halogens is 2. The van der Waals surface area contributed by atoms with Crippen LogP contribution in [0.5, 0.6) is 0 Å². The molecule has 2 N–H and O–H groups in total. The molecule has 4 amide bonds. The van der Waals surface area contributed by atoms with Crippen molar-refractivity contribution in [2.75, 3.05) is 31.1 Å². The molecular formula is C17H20ClFN4O3. The number of rotatable bonds is 4. The first-order valence-corrected chi connectivity index (χ1v) is 8.77. The van der Waals surface area contributed by atoms with E-state index in [4.69, 9.17) is 11.6 Å². The summed E-state index contributed by atoms with van der Waals surface area (Å²) in [7, 11) is 0. The van der Waals surface area contributed by atoms with Crippen LogP contribution >= 0.6 is 11.6 Å². The zero-order valence-corrected chi connectivity index (χ0v) is 15.1. The summed E-state index contributed by atoms with van der Waals surface area (Å²) in [6.07, 6.45) is 0.402. The number of carbonyl (C=O) groups excluding carboxylic acids is 3. The highest BCUT2D eigenvalue weighted by Gasteiger charge is 2.42. The first-order chi connectivity index (χ1) is 12.3. The third-order valence-electron chi connectivity index (χ3n) is 4.80. The quantitative estimate of drug-likeness (QED) is 0.773. The summed E-state index contributed by atoms with van der Waals surface area (Å²) in [5.74, 6) is -0.878. The molecule has 0 radical (unpaired) electrons. The number of nitrogens with zero attached hydrogens (tertiary/aromatic N) is 2. The molecule has 0 spiro atoms. The number of imide groups is 1. The predicted molar refractivity (Wildman–Crippen MR) is 94.5 cm³/mol. The summed E-state index contributed by atoms with van der Waals surface area (Å²) in [5, 5.41) is 5.07. The van der Waals surface area contributed by atoms with Gasteiger partial charge in [0.15, 0.2) is 0 Å². The van der Waals surface area contributed by atoms with Crippen molar-refractivity contribution in [1.82, 2.24) is 15.5 Å². The number of hydrogen-bond acceptors (Lipinski definition) is 4. The van der Waals surface area contributed by atoms with Crippen LogP contribution in [0.4, 0.5) is 14.9 Å². The lowest BCUT2D eigenvalue weighted by molar-refractivity contribution is -0.132. The highest BCUT2D eigenvalue weighted by atomic mass is 35.5. The first-order valence-electron chi connectivity index (χ1n) is 8.39. The minimum Gasteiger partial charge on any atom is -0.368 e. The Labute approximate surface area is 155 Å². The van der Waals surface area contributed by atoms with Crippen molar-refractivity contribution in [2.24, 2.45) is 0 Å². The summed E-state index contributed by atoms with van der Waals surface area (Å²) in [6, 6.07) is 3.84. The van der Waals surface area contributed by atoms with E-state index in [0.29, 0.717) is 36.9 Å². The number of piperazine rings is 1. The standard InChI is InChI=1S/C17H20ClFN4O3/c1-17(15(25)20-16(26)21-17)3-2-14(24)23-6-4-22(5-7-23)13-9-11(18)8-12(19)10-13/h8-10H,2-7H2,1H3,(H2,20,21,25,26). The number of hydrogen-bond donors (Lipinski definition) is 2. The van der Waals surface area contributed by atoms with Crippen molar-refractivity contribution in [3.8, 4) is 0 Å². The molecule has 9 heteroatoms. The van der Waals surface area contributed by atoms with Crippen molar-refractivity contribution >= 4 is 35.1 Å². The summed E-state index contributed by atoms with van der Waals surface area (Å²) >= 11 is 5.89. The van der Waals surface area contributed by atoms with Crippen LogP contribution in [0.15, 0.2) is 18.2 Å². The van der Waals surface area contributed by atoms with Gasteiger partial charge in [-0.05, 0) is 31.5 Å². The van der Waals surface area contributed by atoms with Crippen molar-refractivity contribution in [3.05, 3.63) is 29.0 Å². The fourth-order valence-corrected chi connectivity index (χ4v) is 3.42. The van der Waals surface area contributed by atoms with Gasteiger partial charge < -0.3 is 15.1 Å². The Hall–Kier alpha value is -2.35. The highest BCUT2D eigenvalue weighted by Crippen LogP contribution is 2.23. The molecule has 0 aliphatic carbocycles. The van der Waals surface area contributed by atoms with Gasteiger partial charge in [0.05, 0.1) is 0 Å². The normalized spacial score (nSPS) is 23.0. The van der Waals surface area contributed by atoms with Crippen LogP contribution in [0.3, 0.4) is 0 Å². The zero-order chi connectivity index (χ0) is 18.9. The van der Waals surface area contributed by atoms with E-state index in [9.17, 15) is 18.8 Å². The van der Waals surface area contributed by atoms with Crippen molar-refractivity contribution in [3.63, 3.8) is 0 Å². The maximum Gasteiger partial charge on any atom is 0.322 e. The number of amides is 4. The molecule has 1 atom stereocenters. The van der Waals surface area contributed by atoms with Gasteiger partial charge in [0.1, 0.15) is 11.4 Å².